The SMILES string of the molecule is CCC(CC)/C(O)=C/[C@@H](O)C(CC)CC.[2H]C([2H])([2H])[C@@H]1CCC2C(N1)OC1=C([C@H]3CC[C@@H]4C([N-]3)S[C@H](C)[C@@H]4C)[CH-]CC[C@H]12.[Ir]. The minimum atomic E-state index is -1.95. The minimum Gasteiger partial charge on any atom is -0.646 e. The molecule has 4 saturated heterocycles. The number of aliphatic hydroxyl groups is 2. The van der Waals surface area contributed by atoms with Crippen LogP contribution in [0.5, 0.6) is 0 Å². The number of hydrogen-bond donors (Lipinski definition) is 3. The molecule has 0 aromatic carbocycles. The van der Waals surface area contributed by atoms with Crippen molar-refractivity contribution < 1.29 is 39.2 Å². The molecule has 7 heteroatoms. The molecule has 0 aromatic rings. The second-order valence-corrected chi connectivity index (χ2v) is 14.4. The van der Waals surface area contributed by atoms with Gasteiger partial charge in [-0.2, -0.15) is 17.3 Å². The third-order valence-electron chi connectivity index (χ3n) is 10.6. The Labute approximate surface area is 273 Å². The third-order valence-corrected chi connectivity index (χ3v) is 12.3. The number of aliphatic hydroxyl groups excluding tert-OH is 2. The first kappa shape index (κ1) is 30.8. The minimum absolute atomic E-state index is 0. The Morgan fingerprint density at radius 3 is 2.46 bits per heavy atom. The number of piperidine rings is 2. The van der Waals surface area contributed by atoms with E-state index in [1.165, 1.54) is 12.0 Å². The Bertz CT molecular complexity index is 974. The first-order chi connectivity index (χ1) is 20.4. The fourth-order valence-corrected chi connectivity index (χ4v) is 9.37. The van der Waals surface area contributed by atoms with Crippen LogP contribution in [-0.4, -0.2) is 45.3 Å². The van der Waals surface area contributed by atoms with Gasteiger partial charge in [0.05, 0.1) is 11.9 Å². The number of rotatable bonds is 8. The number of fused-ring (bicyclic) bond motifs is 4. The predicted octanol–water partition coefficient (Wildman–Crippen LogP) is 8.51. The number of ether oxygens (including phenoxy) is 1. The number of allylic oxidation sites excluding steroid dienone is 2. The van der Waals surface area contributed by atoms with Gasteiger partial charge in [0.15, 0.2) is 0 Å². The van der Waals surface area contributed by atoms with E-state index in [-0.39, 0.29) is 44.2 Å². The summed E-state index contributed by atoms with van der Waals surface area (Å²) >= 11 is 2.05. The van der Waals surface area contributed by atoms with E-state index in [1.54, 1.807) is 6.08 Å². The number of thioether (sulfide) groups is 1. The molecule has 10 atom stereocenters. The van der Waals surface area contributed by atoms with Crippen molar-refractivity contribution in [2.75, 3.05) is 0 Å². The molecule has 5 rings (SSSR count). The summed E-state index contributed by atoms with van der Waals surface area (Å²) in [6.45, 7) is 11.0. The van der Waals surface area contributed by atoms with Gasteiger partial charge in [0.25, 0.3) is 0 Å². The molecule has 0 saturated carbocycles. The second kappa shape index (κ2) is 16.2. The van der Waals surface area contributed by atoms with Crippen LogP contribution >= 0.6 is 11.8 Å². The van der Waals surface area contributed by atoms with Crippen molar-refractivity contribution in [3.8, 4) is 0 Å². The molecule has 5 aliphatic rings. The number of hydrogen-bond acceptors (Lipinski definition) is 5. The zero-order chi connectivity index (χ0) is 31.5. The molecule has 4 heterocycles. The van der Waals surface area contributed by atoms with Gasteiger partial charge in [-0.15, -0.1) is 12.5 Å². The summed E-state index contributed by atoms with van der Waals surface area (Å²) in [5.41, 5.74) is 1.32. The van der Waals surface area contributed by atoms with Crippen LogP contribution in [0.2, 0.25) is 0 Å². The summed E-state index contributed by atoms with van der Waals surface area (Å²) in [5, 5.41) is 29.4. The average Bonchev–Trinajstić information content (AvgIpc) is 3.49. The van der Waals surface area contributed by atoms with Crippen molar-refractivity contribution in [2.24, 2.45) is 35.5 Å². The van der Waals surface area contributed by atoms with E-state index >= 15 is 0 Å². The van der Waals surface area contributed by atoms with Crippen molar-refractivity contribution in [3.05, 3.63) is 34.9 Å². The Kier molecular flexibility index (Phi) is 12.2. The van der Waals surface area contributed by atoms with Crippen LogP contribution in [-0.2, 0) is 24.8 Å². The molecular formula is C34H58IrN2O3S-2. The average molecular weight is 770 g/mol. The van der Waals surface area contributed by atoms with E-state index in [2.05, 4.69) is 65.0 Å². The molecule has 0 aromatic heterocycles. The fraction of sp³-hybridized carbons (Fsp3) is 0.853. The van der Waals surface area contributed by atoms with E-state index in [9.17, 15) is 10.2 Å². The maximum absolute atomic E-state index is 9.88. The molecule has 0 amide bonds. The number of nitrogens with one attached hydrogen (secondary N) is 1. The van der Waals surface area contributed by atoms with Crippen LogP contribution in [0.1, 0.15) is 117 Å². The van der Waals surface area contributed by atoms with E-state index < -0.39 is 19.0 Å². The Morgan fingerprint density at radius 2 is 1.80 bits per heavy atom. The zero-order valence-electron chi connectivity index (χ0n) is 29.1. The van der Waals surface area contributed by atoms with Crippen molar-refractivity contribution >= 4 is 11.8 Å². The Hall–Kier alpha value is -0.171. The predicted molar refractivity (Wildman–Crippen MR) is 169 cm³/mol. The van der Waals surface area contributed by atoms with Gasteiger partial charge in [-0.3, -0.25) is 5.32 Å². The maximum atomic E-state index is 9.88. The van der Waals surface area contributed by atoms with Crippen LogP contribution in [0.25, 0.3) is 5.32 Å². The van der Waals surface area contributed by atoms with E-state index in [4.69, 9.17) is 14.2 Å². The van der Waals surface area contributed by atoms with Crippen LogP contribution in [0.3, 0.4) is 0 Å². The van der Waals surface area contributed by atoms with Crippen molar-refractivity contribution in [1.29, 1.82) is 0 Å². The maximum Gasteiger partial charge on any atom is 0.131 e. The van der Waals surface area contributed by atoms with Gasteiger partial charge in [-0.05, 0) is 68.0 Å². The smallest absolute Gasteiger partial charge is 0.131 e. The Balaban J connectivity index is 0.000000286. The van der Waals surface area contributed by atoms with Crippen LogP contribution < -0.4 is 5.32 Å². The topological polar surface area (TPSA) is 75.8 Å². The first-order valence-corrected chi connectivity index (χ1v) is 17.3. The molecule has 3 unspecified atom stereocenters. The normalized spacial score (nSPS) is 38.6. The molecular weight excluding hydrogens is 709 g/mol. The molecule has 5 nitrogen and oxygen atoms in total. The van der Waals surface area contributed by atoms with Crippen LogP contribution in [0.4, 0.5) is 0 Å². The van der Waals surface area contributed by atoms with Crippen molar-refractivity contribution in [1.82, 2.24) is 5.32 Å². The van der Waals surface area contributed by atoms with Gasteiger partial charge in [0, 0.05) is 47.3 Å². The van der Waals surface area contributed by atoms with E-state index in [1.807, 2.05) is 0 Å². The molecule has 0 bridgehead atoms. The second-order valence-electron chi connectivity index (χ2n) is 12.9. The molecule has 41 heavy (non-hydrogen) atoms. The van der Waals surface area contributed by atoms with Crippen LogP contribution in [0, 0.1) is 41.9 Å². The summed E-state index contributed by atoms with van der Waals surface area (Å²) in [5.74, 6) is 4.31. The summed E-state index contributed by atoms with van der Waals surface area (Å²) in [4.78, 5) is 0. The van der Waals surface area contributed by atoms with Gasteiger partial charge in [-0.25, -0.2) is 6.42 Å². The standard InChI is InChI=1S/C21H32N2OS.C13H26O2.Ir/c1-11-7-8-16-15-5-4-6-17(19(15)24-20(16)22-11)18-10-9-14-12(2)13(3)25-21(14)23-18;1-5-10(6-2)12(14)9-13(15)11(7-3)8-4;/h6,11-16,18,20-22H,4-5,7-10H2,1-3H3;9-12,14-15H,5-8H2,1-4H3;/q-2;;/b;13-9-;/t11-,12+,13-,14+,15+,16?,18-,20?,21?;12-;/m11./s1/i1D3;;. The third kappa shape index (κ3) is 8.11. The zero-order valence-corrected chi connectivity index (χ0v) is 29.4. The van der Waals surface area contributed by atoms with Crippen molar-refractivity contribution in [2.45, 2.75) is 148 Å². The fourth-order valence-electron chi connectivity index (χ4n) is 7.68. The summed E-state index contributed by atoms with van der Waals surface area (Å²) in [6, 6.07) is -0.178. The largest absolute Gasteiger partial charge is 0.646 e. The van der Waals surface area contributed by atoms with E-state index in [0.29, 0.717) is 34.6 Å². The molecule has 239 valence electrons. The van der Waals surface area contributed by atoms with Gasteiger partial charge >= 0.3 is 0 Å². The number of nitrogens with zero attached hydrogens (tertiary/aromatic N) is 1. The van der Waals surface area contributed by atoms with Gasteiger partial charge in [0.2, 0.25) is 0 Å². The summed E-state index contributed by atoms with van der Waals surface area (Å²) in [7, 11) is 0. The van der Waals surface area contributed by atoms with Crippen LogP contribution in [0.15, 0.2) is 23.2 Å². The van der Waals surface area contributed by atoms with Crippen molar-refractivity contribution in [3.63, 3.8) is 0 Å². The first-order valence-electron chi connectivity index (χ1n) is 17.9. The van der Waals surface area contributed by atoms with E-state index in [0.717, 1.165) is 69.0 Å². The summed E-state index contributed by atoms with van der Waals surface area (Å²) in [6.07, 6.45) is 13.4. The van der Waals surface area contributed by atoms with Gasteiger partial charge in [-0.1, -0.05) is 79.0 Å². The monoisotopic (exact) mass is 770 g/mol. The molecule has 4 fully saturated rings. The molecule has 0 spiro atoms. The van der Waals surface area contributed by atoms with Gasteiger partial charge < -0.3 is 20.3 Å². The molecule has 1 radical (unpaired) electrons. The quantitative estimate of drug-likeness (QED) is 0.171. The van der Waals surface area contributed by atoms with Gasteiger partial charge in [0.1, 0.15) is 6.23 Å². The summed E-state index contributed by atoms with van der Waals surface area (Å²) < 4.78 is 29.7. The molecule has 3 N–H and O–H groups in total. The molecule has 1 aliphatic carbocycles. The molecule has 4 aliphatic heterocycles. The Morgan fingerprint density at radius 1 is 1.10 bits per heavy atom.